The molecule has 0 bridgehead atoms. The zero-order valence-corrected chi connectivity index (χ0v) is 26.2. The Hall–Kier alpha value is -4.13. The van der Waals surface area contributed by atoms with Crippen LogP contribution < -0.4 is 20.7 Å². The summed E-state index contributed by atoms with van der Waals surface area (Å²) < 4.78 is 15.8. The fourth-order valence-electron chi connectivity index (χ4n) is 5.09. The summed E-state index contributed by atoms with van der Waals surface area (Å²) in [7, 11) is 1.53. The number of nitrogens with one attached hydrogen (secondary N) is 4. The van der Waals surface area contributed by atoms with E-state index < -0.39 is 54.7 Å². The maximum atomic E-state index is 13.6. The molecule has 1 aliphatic heterocycles. The molecule has 0 unspecified atom stereocenters. The number of ether oxygens (including phenoxy) is 3. The SMILES string of the molecule is COc1cccc2[nH]c(C(=O)N[C@@H](CC(C)C)C(=O)N[C@@H](C[C@@H]3CCNC3=O)C(=O)CO[C@@H](CC(C)(C)C)OC(=O)O)cc12. The third-order valence-corrected chi connectivity index (χ3v) is 7.23. The monoisotopic (exact) mass is 616 g/mol. The molecule has 2 heterocycles. The number of ketones is 1. The molecule has 4 atom stereocenters. The van der Waals surface area contributed by atoms with Crippen LogP contribution in [0.1, 0.15) is 70.8 Å². The summed E-state index contributed by atoms with van der Waals surface area (Å²) in [5, 5.41) is 18.1. The molecule has 1 saturated heterocycles. The fourth-order valence-corrected chi connectivity index (χ4v) is 5.09. The van der Waals surface area contributed by atoms with Gasteiger partial charge in [-0.25, -0.2) is 4.79 Å². The predicted molar refractivity (Wildman–Crippen MR) is 161 cm³/mol. The van der Waals surface area contributed by atoms with Crippen molar-refractivity contribution in [3.63, 3.8) is 0 Å². The molecule has 0 radical (unpaired) electrons. The van der Waals surface area contributed by atoms with Gasteiger partial charge in [0.25, 0.3) is 5.91 Å². The van der Waals surface area contributed by atoms with Crippen LogP contribution in [-0.4, -0.2) is 78.4 Å². The number of carbonyl (C=O) groups excluding carboxylic acids is 4. The fraction of sp³-hybridized carbons (Fsp3) is 0.581. The Morgan fingerprint density at radius 3 is 2.43 bits per heavy atom. The quantitative estimate of drug-likeness (QED) is 0.148. The number of aromatic nitrogens is 1. The van der Waals surface area contributed by atoms with E-state index in [0.29, 0.717) is 29.6 Å². The van der Waals surface area contributed by atoms with Gasteiger partial charge in [0, 0.05) is 29.8 Å². The Morgan fingerprint density at radius 1 is 1.11 bits per heavy atom. The van der Waals surface area contributed by atoms with Crippen molar-refractivity contribution in [2.24, 2.45) is 17.3 Å². The highest BCUT2D eigenvalue weighted by Crippen LogP contribution is 2.26. The predicted octanol–water partition coefficient (Wildman–Crippen LogP) is 3.37. The second kappa shape index (κ2) is 15.0. The summed E-state index contributed by atoms with van der Waals surface area (Å²) in [6, 6.07) is 4.89. The molecule has 2 aromatic rings. The van der Waals surface area contributed by atoms with Crippen molar-refractivity contribution in [3.8, 4) is 5.75 Å². The molecule has 0 spiro atoms. The van der Waals surface area contributed by atoms with Crippen molar-refractivity contribution >= 4 is 40.6 Å². The third kappa shape index (κ3) is 9.97. The number of Topliss-reactive ketones (excluding diaryl/α,β-unsaturated/α-hetero) is 1. The van der Waals surface area contributed by atoms with Crippen LogP contribution in [0.25, 0.3) is 10.9 Å². The van der Waals surface area contributed by atoms with E-state index in [1.54, 1.807) is 24.3 Å². The zero-order chi connectivity index (χ0) is 32.6. The molecular formula is C31H44N4O9. The van der Waals surface area contributed by atoms with Gasteiger partial charge in [0.1, 0.15) is 24.1 Å². The van der Waals surface area contributed by atoms with Crippen LogP contribution in [0.4, 0.5) is 4.79 Å². The van der Waals surface area contributed by atoms with Crippen LogP contribution in [0.3, 0.4) is 0 Å². The number of rotatable bonds is 15. The number of hydrogen-bond acceptors (Lipinski definition) is 8. The number of fused-ring (bicyclic) bond motifs is 1. The van der Waals surface area contributed by atoms with Crippen LogP contribution in [0.15, 0.2) is 24.3 Å². The molecule has 0 saturated carbocycles. The highest BCUT2D eigenvalue weighted by Gasteiger charge is 2.34. The summed E-state index contributed by atoms with van der Waals surface area (Å²) in [5.41, 5.74) is 0.562. The van der Waals surface area contributed by atoms with E-state index in [0.717, 1.165) is 0 Å². The van der Waals surface area contributed by atoms with Crippen molar-refractivity contribution in [2.45, 2.75) is 78.7 Å². The Morgan fingerprint density at radius 2 is 1.84 bits per heavy atom. The van der Waals surface area contributed by atoms with Gasteiger partial charge in [0.05, 0.1) is 13.2 Å². The molecule has 13 heteroatoms. The van der Waals surface area contributed by atoms with Gasteiger partial charge in [-0.2, -0.15) is 0 Å². The van der Waals surface area contributed by atoms with Crippen LogP contribution in [-0.2, 0) is 23.9 Å². The molecular weight excluding hydrogens is 572 g/mol. The van der Waals surface area contributed by atoms with Crippen molar-refractivity contribution in [1.82, 2.24) is 20.9 Å². The molecule has 1 aliphatic rings. The number of methoxy groups -OCH3 is 1. The number of aromatic amines is 1. The second-order valence-corrected chi connectivity index (χ2v) is 12.7. The minimum absolute atomic E-state index is 0.0123. The number of carboxylic acid groups (broad SMARTS) is 1. The van der Waals surface area contributed by atoms with E-state index in [-0.39, 0.29) is 42.2 Å². The summed E-state index contributed by atoms with van der Waals surface area (Å²) in [5.74, 6) is -1.79. The molecule has 1 fully saturated rings. The lowest BCUT2D eigenvalue weighted by Gasteiger charge is -2.27. The Balaban J connectivity index is 1.78. The number of carbonyl (C=O) groups is 5. The summed E-state index contributed by atoms with van der Waals surface area (Å²) in [6.07, 6.45) is -1.76. The molecule has 3 amide bonds. The summed E-state index contributed by atoms with van der Waals surface area (Å²) in [6.45, 7) is 9.31. The van der Waals surface area contributed by atoms with Crippen molar-refractivity contribution < 1.29 is 43.3 Å². The molecule has 242 valence electrons. The minimum atomic E-state index is -1.54. The van der Waals surface area contributed by atoms with Gasteiger partial charge in [-0.15, -0.1) is 0 Å². The molecule has 44 heavy (non-hydrogen) atoms. The maximum absolute atomic E-state index is 13.6. The lowest BCUT2D eigenvalue weighted by molar-refractivity contribution is -0.152. The number of benzene rings is 1. The average Bonchev–Trinajstić information content (AvgIpc) is 3.55. The van der Waals surface area contributed by atoms with Crippen LogP contribution in [0.5, 0.6) is 5.75 Å². The van der Waals surface area contributed by atoms with Gasteiger partial charge >= 0.3 is 6.16 Å². The highest BCUT2D eigenvalue weighted by atomic mass is 16.8. The zero-order valence-electron chi connectivity index (χ0n) is 26.2. The normalized spacial score (nSPS) is 17.1. The molecule has 1 aromatic carbocycles. The lowest BCUT2D eigenvalue weighted by Crippen LogP contribution is -2.53. The third-order valence-electron chi connectivity index (χ3n) is 7.23. The van der Waals surface area contributed by atoms with Gasteiger partial charge in [0.15, 0.2) is 5.78 Å². The Kier molecular flexibility index (Phi) is 11.7. The van der Waals surface area contributed by atoms with Crippen molar-refractivity contribution in [1.29, 1.82) is 0 Å². The van der Waals surface area contributed by atoms with Crippen LogP contribution in [0.2, 0.25) is 0 Å². The van der Waals surface area contributed by atoms with E-state index >= 15 is 0 Å². The first-order chi connectivity index (χ1) is 20.7. The summed E-state index contributed by atoms with van der Waals surface area (Å²) in [4.78, 5) is 66.8. The van der Waals surface area contributed by atoms with Gasteiger partial charge in [0.2, 0.25) is 18.1 Å². The first-order valence-corrected chi connectivity index (χ1v) is 14.8. The Bertz CT molecular complexity index is 1350. The molecule has 13 nitrogen and oxygen atoms in total. The molecule has 3 rings (SSSR count). The molecule has 5 N–H and O–H groups in total. The standard InChI is InChI=1S/C31H44N4O9/c1-17(2)12-22(35-29(39)23-14-19-20(33-23)8-7-9-25(19)42-6)28(38)34-21(13-18-10-11-32-27(18)37)24(36)16-43-26(44-30(40)41)15-31(3,4)5/h7-9,14,17-18,21-22,26,33H,10-13,15-16H2,1-6H3,(H,32,37)(H,34,38)(H,35,39)(H,40,41)/t18-,21-,22-,26+/m0/s1. The number of H-pyrrole nitrogens is 1. The largest absolute Gasteiger partial charge is 0.508 e. The van der Waals surface area contributed by atoms with E-state index in [2.05, 4.69) is 20.9 Å². The first-order valence-electron chi connectivity index (χ1n) is 14.8. The van der Waals surface area contributed by atoms with Crippen molar-refractivity contribution in [3.05, 3.63) is 30.0 Å². The first kappa shape index (κ1) is 34.4. The van der Waals surface area contributed by atoms with E-state index in [1.165, 1.54) is 7.11 Å². The highest BCUT2D eigenvalue weighted by molar-refractivity contribution is 6.02. The minimum Gasteiger partial charge on any atom is -0.496 e. The lowest BCUT2D eigenvalue weighted by atomic mass is 9.92. The van der Waals surface area contributed by atoms with Crippen LogP contribution in [0, 0.1) is 17.3 Å². The number of hydrogen-bond donors (Lipinski definition) is 5. The second-order valence-electron chi connectivity index (χ2n) is 12.7. The molecule has 1 aromatic heterocycles. The Labute approximate surface area is 256 Å². The van der Waals surface area contributed by atoms with E-state index in [9.17, 15) is 24.0 Å². The number of amides is 3. The van der Waals surface area contributed by atoms with Gasteiger partial charge < -0.3 is 40.3 Å². The average molecular weight is 617 g/mol. The maximum Gasteiger partial charge on any atom is 0.508 e. The van der Waals surface area contributed by atoms with Crippen molar-refractivity contribution in [2.75, 3.05) is 20.3 Å². The van der Waals surface area contributed by atoms with Gasteiger partial charge in [-0.05, 0) is 48.8 Å². The van der Waals surface area contributed by atoms with E-state index in [1.807, 2.05) is 34.6 Å². The topological polar surface area (TPSA) is 185 Å². The van der Waals surface area contributed by atoms with E-state index in [4.69, 9.17) is 19.3 Å². The van der Waals surface area contributed by atoms with Gasteiger partial charge in [-0.1, -0.05) is 40.7 Å². The molecule has 0 aliphatic carbocycles. The summed E-state index contributed by atoms with van der Waals surface area (Å²) >= 11 is 0. The van der Waals surface area contributed by atoms with Gasteiger partial charge in [-0.3, -0.25) is 19.2 Å². The van der Waals surface area contributed by atoms with Crippen LogP contribution >= 0.6 is 0 Å². The smallest absolute Gasteiger partial charge is 0.496 e.